The first kappa shape index (κ1) is 18.3. The van der Waals surface area contributed by atoms with Crippen LogP contribution < -0.4 is 0 Å². The predicted octanol–water partition coefficient (Wildman–Crippen LogP) is 5.10. The maximum absolute atomic E-state index is 13.4. The highest BCUT2D eigenvalue weighted by molar-refractivity contribution is 6.31. The Morgan fingerprint density at radius 2 is 2.00 bits per heavy atom. The molecule has 3 aliphatic carbocycles. The van der Waals surface area contributed by atoms with Crippen molar-refractivity contribution in [1.29, 1.82) is 0 Å². The van der Waals surface area contributed by atoms with E-state index in [1.54, 1.807) is 0 Å². The molecule has 3 heterocycles. The number of amides is 1. The lowest BCUT2D eigenvalue weighted by atomic mass is 9.61. The maximum atomic E-state index is 13.4. The summed E-state index contributed by atoms with van der Waals surface area (Å²) in [6, 6.07) is 4.61. The van der Waals surface area contributed by atoms with Crippen LogP contribution in [0.5, 0.6) is 0 Å². The van der Waals surface area contributed by atoms with Crippen LogP contribution in [-0.4, -0.2) is 38.6 Å². The summed E-state index contributed by atoms with van der Waals surface area (Å²) in [5.41, 5.74) is 3.18. The molecule has 0 radical (unpaired) electrons. The smallest absolute Gasteiger partial charge is 0.223 e. The second-order valence-corrected chi connectivity index (χ2v) is 10.8. The van der Waals surface area contributed by atoms with Crippen molar-refractivity contribution in [3.8, 4) is 0 Å². The average Bonchev–Trinajstić information content (AvgIpc) is 3.38. The molecule has 1 amide bonds. The first-order valence-electron chi connectivity index (χ1n) is 11.2. The van der Waals surface area contributed by atoms with Crippen LogP contribution in [-0.2, 0) is 4.79 Å². The molecule has 1 aromatic heterocycles. The number of aromatic amines is 1. The molecule has 2 aliphatic heterocycles. The Labute approximate surface area is 176 Å². The van der Waals surface area contributed by atoms with Crippen LogP contribution in [0.15, 0.2) is 18.3 Å². The van der Waals surface area contributed by atoms with Crippen LogP contribution in [0.2, 0.25) is 5.02 Å². The molecule has 3 unspecified atom stereocenters. The number of aromatic nitrogens is 1. The number of halogens is 1. The largest absolute Gasteiger partial charge is 0.390 e. The van der Waals surface area contributed by atoms with E-state index in [2.05, 4.69) is 29.1 Å². The molecular weight excluding hydrogens is 384 g/mol. The standard InChI is InChI=1S/C24H29ClN2O2/c1-13(20-12-26-21-8-16(25)7-19(23(20)21)15-2-3-15)4-22(28)27-17-5-14-6-18(27)11-24(29,9-14)10-17/h7-8,12-15,17-18,26,29H,2-6,9-11H2,1H3. The molecule has 7 rings (SSSR count). The second kappa shape index (κ2) is 6.24. The molecule has 4 bridgehead atoms. The van der Waals surface area contributed by atoms with Crippen LogP contribution in [0.25, 0.3) is 10.9 Å². The molecule has 4 nitrogen and oxygen atoms in total. The fourth-order valence-electron chi connectivity index (χ4n) is 6.87. The van der Waals surface area contributed by atoms with Crippen molar-refractivity contribution in [2.45, 2.75) is 87.8 Å². The van der Waals surface area contributed by atoms with Crippen LogP contribution >= 0.6 is 11.6 Å². The molecule has 1 aromatic carbocycles. The molecule has 2 saturated heterocycles. The van der Waals surface area contributed by atoms with E-state index in [9.17, 15) is 9.90 Å². The van der Waals surface area contributed by atoms with Crippen LogP contribution in [0, 0.1) is 5.92 Å². The van der Waals surface area contributed by atoms with Gasteiger partial charge in [0.15, 0.2) is 0 Å². The lowest BCUT2D eigenvalue weighted by Gasteiger charge is -2.59. The molecule has 3 saturated carbocycles. The number of rotatable bonds is 4. The minimum atomic E-state index is -0.506. The van der Waals surface area contributed by atoms with Crippen molar-refractivity contribution >= 4 is 28.4 Å². The summed E-state index contributed by atoms with van der Waals surface area (Å²) in [6.45, 7) is 2.18. The van der Waals surface area contributed by atoms with Gasteiger partial charge in [-0.2, -0.15) is 0 Å². The minimum Gasteiger partial charge on any atom is -0.390 e. The van der Waals surface area contributed by atoms with Gasteiger partial charge in [-0.05, 0) is 86.0 Å². The third-order valence-electron chi connectivity index (χ3n) is 8.02. The predicted molar refractivity (Wildman–Crippen MR) is 114 cm³/mol. The Bertz CT molecular complexity index is 978. The third kappa shape index (κ3) is 2.94. The molecule has 154 valence electrons. The van der Waals surface area contributed by atoms with Crippen LogP contribution in [0.4, 0.5) is 0 Å². The highest BCUT2D eigenvalue weighted by Crippen LogP contribution is 2.52. The minimum absolute atomic E-state index is 0.162. The normalized spacial score (nSPS) is 34.2. The Balaban J connectivity index is 1.26. The Morgan fingerprint density at radius 1 is 1.28 bits per heavy atom. The summed E-state index contributed by atoms with van der Waals surface area (Å²) < 4.78 is 0. The third-order valence-corrected chi connectivity index (χ3v) is 8.24. The number of nitrogens with one attached hydrogen (secondary N) is 1. The van der Waals surface area contributed by atoms with Crippen LogP contribution in [0.3, 0.4) is 0 Å². The van der Waals surface area contributed by atoms with E-state index in [0.29, 0.717) is 18.3 Å². The Kier molecular flexibility index (Phi) is 3.93. The zero-order valence-corrected chi connectivity index (χ0v) is 17.7. The molecule has 5 heteroatoms. The quantitative estimate of drug-likeness (QED) is 0.734. The molecule has 5 aliphatic rings. The zero-order valence-electron chi connectivity index (χ0n) is 17.0. The molecule has 2 aromatic rings. The van der Waals surface area contributed by atoms with Gasteiger partial charge in [0, 0.05) is 40.6 Å². The number of fused-ring (bicyclic) bond motifs is 1. The van der Waals surface area contributed by atoms with E-state index in [1.807, 2.05) is 6.07 Å². The van der Waals surface area contributed by atoms with Gasteiger partial charge in [0.05, 0.1) is 5.60 Å². The Hall–Kier alpha value is -1.52. The fourth-order valence-corrected chi connectivity index (χ4v) is 7.09. The summed E-state index contributed by atoms with van der Waals surface area (Å²) in [4.78, 5) is 18.9. The zero-order chi connectivity index (χ0) is 19.9. The number of piperidine rings is 2. The topological polar surface area (TPSA) is 56.3 Å². The van der Waals surface area contributed by atoms with Crippen molar-refractivity contribution in [2.24, 2.45) is 5.92 Å². The van der Waals surface area contributed by atoms with E-state index < -0.39 is 5.60 Å². The monoisotopic (exact) mass is 412 g/mol. The molecule has 5 fully saturated rings. The van der Waals surface area contributed by atoms with Crippen molar-refractivity contribution in [3.63, 3.8) is 0 Å². The van der Waals surface area contributed by atoms with E-state index in [1.165, 1.54) is 29.4 Å². The number of hydrogen-bond acceptors (Lipinski definition) is 2. The van der Waals surface area contributed by atoms with Gasteiger partial charge >= 0.3 is 0 Å². The van der Waals surface area contributed by atoms with Crippen LogP contribution in [0.1, 0.15) is 81.3 Å². The number of benzene rings is 1. The number of carbonyl (C=O) groups is 1. The van der Waals surface area contributed by atoms with E-state index >= 15 is 0 Å². The average molecular weight is 413 g/mol. The lowest BCUT2D eigenvalue weighted by molar-refractivity contribution is -0.174. The van der Waals surface area contributed by atoms with Gasteiger partial charge < -0.3 is 15.0 Å². The van der Waals surface area contributed by atoms with Crippen molar-refractivity contribution in [2.75, 3.05) is 0 Å². The fraction of sp³-hybridized carbons (Fsp3) is 0.625. The van der Waals surface area contributed by atoms with Gasteiger partial charge in [-0.1, -0.05) is 18.5 Å². The first-order valence-corrected chi connectivity index (χ1v) is 11.6. The maximum Gasteiger partial charge on any atom is 0.223 e. The molecule has 0 spiro atoms. The van der Waals surface area contributed by atoms with Crippen molar-refractivity contribution in [3.05, 3.63) is 34.5 Å². The van der Waals surface area contributed by atoms with Crippen molar-refractivity contribution < 1.29 is 9.90 Å². The van der Waals surface area contributed by atoms with E-state index in [4.69, 9.17) is 11.6 Å². The lowest BCUT2D eigenvalue weighted by Crippen LogP contribution is -2.65. The molecule has 29 heavy (non-hydrogen) atoms. The summed E-state index contributed by atoms with van der Waals surface area (Å²) in [7, 11) is 0. The summed E-state index contributed by atoms with van der Waals surface area (Å²) in [6.07, 6.45) is 9.74. The van der Waals surface area contributed by atoms with Gasteiger partial charge in [-0.15, -0.1) is 0 Å². The molecule has 3 atom stereocenters. The van der Waals surface area contributed by atoms with E-state index in [-0.39, 0.29) is 23.9 Å². The van der Waals surface area contributed by atoms with Gasteiger partial charge in [0.25, 0.3) is 0 Å². The van der Waals surface area contributed by atoms with E-state index in [0.717, 1.165) is 42.6 Å². The second-order valence-electron chi connectivity index (χ2n) is 10.3. The van der Waals surface area contributed by atoms with Gasteiger partial charge in [0.1, 0.15) is 0 Å². The number of nitrogens with zero attached hydrogens (tertiary/aromatic N) is 1. The van der Waals surface area contributed by atoms with Gasteiger partial charge in [-0.25, -0.2) is 0 Å². The summed E-state index contributed by atoms with van der Waals surface area (Å²) in [5, 5.41) is 12.9. The highest BCUT2D eigenvalue weighted by atomic mass is 35.5. The van der Waals surface area contributed by atoms with Gasteiger partial charge in [0.2, 0.25) is 5.91 Å². The number of carbonyl (C=O) groups excluding carboxylic acids is 1. The Morgan fingerprint density at radius 3 is 2.66 bits per heavy atom. The molecular formula is C24H29ClN2O2. The number of hydrogen-bond donors (Lipinski definition) is 2. The summed E-state index contributed by atoms with van der Waals surface area (Å²) in [5.74, 6) is 1.65. The summed E-state index contributed by atoms with van der Waals surface area (Å²) >= 11 is 6.35. The first-order chi connectivity index (χ1) is 13.9. The van der Waals surface area contributed by atoms with Gasteiger partial charge in [-0.3, -0.25) is 4.79 Å². The number of aliphatic hydroxyl groups is 1. The highest BCUT2D eigenvalue weighted by Gasteiger charge is 2.54. The number of H-pyrrole nitrogens is 1. The van der Waals surface area contributed by atoms with Crippen molar-refractivity contribution in [1.82, 2.24) is 9.88 Å². The SMILES string of the molecule is CC(CC(=O)N1C2CC3CC1CC(O)(C3)C2)c1c[nH]c2cc(Cl)cc(C3CC3)c12. The molecule has 2 N–H and O–H groups in total.